The predicted octanol–water partition coefficient (Wildman–Crippen LogP) is 17.1. The highest BCUT2D eigenvalue weighted by molar-refractivity contribution is 7.17. The first-order valence-electron chi connectivity index (χ1n) is 27.0. The molecule has 87 heavy (non-hydrogen) atoms. The summed E-state index contributed by atoms with van der Waals surface area (Å²) in [6.07, 6.45) is 7.30. The zero-order valence-corrected chi connectivity index (χ0v) is 51.4. The molecule has 4 aromatic carbocycles. The minimum atomic E-state index is -0.614. The quantitative estimate of drug-likeness (QED) is 0.0128. The van der Waals surface area contributed by atoms with Gasteiger partial charge in [-0.25, -0.2) is 14.4 Å². The van der Waals surface area contributed by atoms with Gasteiger partial charge >= 0.3 is 23.9 Å². The van der Waals surface area contributed by atoms with Crippen molar-refractivity contribution >= 4 is 97.9 Å². The molecule has 0 saturated carbocycles. The summed E-state index contributed by atoms with van der Waals surface area (Å²) in [7, 11) is 0. The van der Waals surface area contributed by atoms with E-state index in [1.807, 2.05) is 142 Å². The van der Waals surface area contributed by atoms with E-state index < -0.39 is 17.9 Å². The number of hydrogen-bond acceptors (Lipinski definition) is 16. The van der Waals surface area contributed by atoms with E-state index in [-0.39, 0.29) is 37.1 Å². The molecule has 0 atom stereocenters. The summed E-state index contributed by atoms with van der Waals surface area (Å²) in [5.41, 5.74) is 37.3. The Balaban J connectivity index is 0.000000204. The van der Waals surface area contributed by atoms with Gasteiger partial charge in [0.2, 0.25) is 0 Å². The molecule has 0 spiro atoms. The van der Waals surface area contributed by atoms with E-state index in [4.69, 9.17) is 30.8 Å². The van der Waals surface area contributed by atoms with Gasteiger partial charge in [-0.2, -0.15) is 34.0 Å². The molecule has 0 aliphatic heterocycles. The molecular formula is C64H62N10O9S4. The number of nitrogens with zero attached hydrogens (tertiary/aromatic N) is 9. The van der Waals surface area contributed by atoms with E-state index in [9.17, 15) is 24.0 Å². The highest BCUT2D eigenvalue weighted by Gasteiger charge is 2.16. The molecule has 9 rings (SSSR count). The fourth-order valence-corrected chi connectivity index (χ4v) is 11.2. The van der Waals surface area contributed by atoms with E-state index in [2.05, 4.69) is 69.4 Å². The number of esters is 4. The summed E-state index contributed by atoms with van der Waals surface area (Å²) >= 11 is 6.28. The Morgan fingerprint density at radius 3 is 1.26 bits per heavy atom. The fourth-order valence-electron chi connectivity index (χ4n) is 7.82. The van der Waals surface area contributed by atoms with Crippen LogP contribution in [-0.2, 0) is 59.0 Å². The summed E-state index contributed by atoms with van der Waals surface area (Å²) in [5.74, 6) is -2.01. The van der Waals surface area contributed by atoms with Crippen LogP contribution in [0, 0.1) is 0 Å². The van der Waals surface area contributed by atoms with Crippen molar-refractivity contribution in [3.8, 4) is 0 Å². The smallest absolute Gasteiger partial charge is 0.354 e. The average molecular weight is 1240 g/mol. The second-order valence-corrected chi connectivity index (χ2v) is 20.9. The van der Waals surface area contributed by atoms with Crippen molar-refractivity contribution in [1.82, 2.24) is 4.98 Å². The Bertz CT molecular complexity index is 3690. The molecule has 0 saturated heterocycles. The number of benzene rings is 4. The minimum Gasteiger partial charge on any atom is -0.466 e. The number of aldehydes is 1. The van der Waals surface area contributed by atoms with Crippen LogP contribution in [0.2, 0.25) is 0 Å². The Hall–Kier alpha value is -9.82. The Labute approximate surface area is 519 Å². The number of aromatic amines is 1. The first kappa shape index (κ1) is 68.0. The van der Waals surface area contributed by atoms with Gasteiger partial charge in [-0.3, -0.25) is 9.59 Å². The summed E-state index contributed by atoms with van der Waals surface area (Å²) in [6, 6.07) is 42.5. The van der Waals surface area contributed by atoms with Crippen molar-refractivity contribution in [1.29, 1.82) is 0 Å². The number of rotatable bonds is 22. The SMILES string of the molecule is CCOC(=O)/C(=C/c1cscc1Cc1ccccc1)N=[N+]=[N-].CCOC(=O)/C(=C/c1cscc1Cc1ccccc1)N=[N+]=[N-].CCOC(=O)CN=[N+]=[N-].CCOC(=O)c1cc2c(Cc3ccccc3)csc2[nH]1.O=Cc1cscc1Cc1ccccc1. The number of ether oxygens (including phenoxy) is 4. The van der Waals surface area contributed by atoms with Crippen molar-refractivity contribution < 1.29 is 42.9 Å². The molecule has 5 aromatic heterocycles. The monoisotopic (exact) mass is 1240 g/mol. The average Bonchev–Trinajstić information content (AvgIpc) is 3.24. The van der Waals surface area contributed by atoms with Crippen LogP contribution < -0.4 is 0 Å². The largest absolute Gasteiger partial charge is 0.466 e. The van der Waals surface area contributed by atoms with Crippen LogP contribution in [0.1, 0.15) is 104 Å². The summed E-state index contributed by atoms with van der Waals surface area (Å²) in [5, 5.41) is 25.0. The fraction of sp³-hybridized carbons (Fsp3) is 0.203. The lowest BCUT2D eigenvalue weighted by Crippen LogP contribution is -2.06. The van der Waals surface area contributed by atoms with E-state index in [1.54, 1.807) is 55.6 Å². The van der Waals surface area contributed by atoms with Gasteiger partial charge in [0.1, 0.15) is 28.5 Å². The Kier molecular flexibility index (Phi) is 30.4. The normalized spacial score (nSPS) is 10.4. The number of azide groups is 3. The second kappa shape index (κ2) is 38.9. The molecule has 0 unspecified atom stereocenters. The van der Waals surface area contributed by atoms with E-state index in [0.717, 1.165) is 75.6 Å². The van der Waals surface area contributed by atoms with Crippen LogP contribution >= 0.6 is 45.3 Å². The van der Waals surface area contributed by atoms with Crippen LogP contribution in [0.25, 0.3) is 53.7 Å². The van der Waals surface area contributed by atoms with Crippen LogP contribution in [0.3, 0.4) is 0 Å². The van der Waals surface area contributed by atoms with Crippen LogP contribution in [0.5, 0.6) is 0 Å². The molecule has 0 aliphatic carbocycles. The number of carbonyl (C=O) groups excluding carboxylic acids is 5. The van der Waals surface area contributed by atoms with Crippen LogP contribution in [0.15, 0.2) is 192 Å². The minimum absolute atomic E-state index is 0.0305. The summed E-state index contributed by atoms with van der Waals surface area (Å²) in [6.45, 7) is 7.87. The number of carbonyl (C=O) groups is 5. The number of hydrogen-bond donors (Lipinski definition) is 1. The number of aromatic nitrogens is 1. The third kappa shape index (κ3) is 23.6. The molecule has 5 heterocycles. The molecule has 446 valence electrons. The van der Waals surface area contributed by atoms with Gasteiger partial charge in [0.05, 0.1) is 26.4 Å². The van der Waals surface area contributed by atoms with Gasteiger partial charge in [0.25, 0.3) is 0 Å². The van der Waals surface area contributed by atoms with Gasteiger partial charge < -0.3 is 23.9 Å². The van der Waals surface area contributed by atoms with E-state index in [0.29, 0.717) is 18.9 Å². The van der Waals surface area contributed by atoms with Gasteiger partial charge in [-0.05, 0) is 176 Å². The van der Waals surface area contributed by atoms with Gasteiger partial charge in [0, 0.05) is 31.1 Å². The molecular weight excluding hydrogens is 1180 g/mol. The number of thiophene rings is 4. The van der Waals surface area contributed by atoms with Gasteiger partial charge in [0.15, 0.2) is 6.29 Å². The second-order valence-electron chi connectivity index (χ2n) is 17.8. The standard InChI is InChI=1S/2C16H15N3O2S.C16H15NO2S.C12H10OS.C4H7N3O2/c2*1-2-21-16(20)15(18-19-17)9-14-11-22-10-13(14)8-12-6-4-3-5-7-12;1-2-19-16(18)14-9-13-12(10-20-15(13)17-14)8-11-6-4-3-5-7-11;13-7-12-9-14-8-11(12)6-10-4-2-1-3-5-10;1-2-9-4(8)3-6-7-5/h2*3-7,9-11H,2,8H2,1H3;3-7,9-10,17H,2,8H2,1H3;1-5,7-9H,6H2;2-3H2,1H3/b2*15-9-;;;. The van der Waals surface area contributed by atoms with Crippen LogP contribution in [-0.4, -0.2) is 68.1 Å². The molecule has 23 heteroatoms. The van der Waals surface area contributed by atoms with Crippen molar-refractivity contribution in [2.45, 2.75) is 53.4 Å². The first-order chi connectivity index (χ1) is 42.5. The Morgan fingerprint density at radius 2 is 0.885 bits per heavy atom. The van der Waals surface area contributed by atoms with Crippen molar-refractivity contribution in [2.24, 2.45) is 15.3 Å². The predicted molar refractivity (Wildman–Crippen MR) is 346 cm³/mol. The lowest BCUT2D eigenvalue weighted by atomic mass is 10.0. The molecule has 0 fully saturated rings. The first-order valence-corrected chi connectivity index (χ1v) is 30.7. The Morgan fingerprint density at radius 1 is 0.494 bits per heavy atom. The summed E-state index contributed by atoms with van der Waals surface area (Å²) < 4.78 is 19.2. The zero-order valence-electron chi connectivity index (χ0n) is 48.1. The number of fused-ring (bicyclic) bond motifs is 1. The van der Waals surface area contributed by atoms with Crippen molar-refractivity contribution in [3.05, 3.63) is 275 Å². The molecule has 1 N–H and O–H groups in total. The topological polar surface area (TPSA) is 284 Å². The molecule has 0 aliphatic rings. The van der Waals surface area contributed by atoms with Crippen molar-refractivity contribution in [2.75, 3.05) is 33.0 Å². The van der Waals surface area contributed by atoms with E-state index >= 15 is 0 Å². The zero-order chi connectivity index (χ0) is 62.4. The highest BCUT2D eigenvalue weighted by atomic mass is 32.1. The number of H-pyrrole nitrogens is 1. The maximum atomic E-state index is 11.8. The highest BCUT2D eigenvalue weighted by Crippen LogP contribution is 2.29. The summed E-state index contributed by atoms with van der Waals surface area (Å²) in [4.78, 5) is 68.2. The molecule has 9 aromatic rings. The van der Waals surface area contributed by atoms with Gasteiger partial charge in [-0.1, -0.05) is 137 Å². The van der Waals surface area contributed by atoms with Crippen molar-refractivity contribution in [3.63, 3.8) is 0 Å². The molecule has 0 bridgehead atoms. The molecule has 19 nitrogen and oxygen atoms in total. The lowest BCUT2D eigenvalue weighted by molar-refractivity contribution is -0.141. The molecule has 0 amide bonds. The third-order valence-electron chi connectivity index (χ3n) is 11.8. The van der Waals surface area contributed by atoms with E-state index in [1.165, 1.54) is 50.5 Å². The molecule has 0 radical (unpaired) electrons. The number of nitrogens with one attached hydrogen (secondary N) is 1. The van der Waals surface area contributed by atoms with Gasteiger partial charge in [-0.15, -0.1) is 11.3 Å². The maximum Gasteiger partial charge on any atom is 0.354 e. The maximum absolute atomic E-state index is 11.8. The third-order valence-corrected chi connectivity index (χ3v) is 15.2. The van der Waals surface area contributed by atoms with Crippen LogP contribution in [0.4, 0.5) is 0 Å². The lowest BCUT2D eigenvalue weighted by Gasteiger charge is -2.03.